The van der Waals surface area contributed by atoms with E-state index in [4.69, 9.17) is 9.15 Å². The van der Waals surface area contributed by atoms with Gasteiger partial charge in [-0.25, -0.2) is 0 Å². The molecule has 1 aromatic heterocycles. The van der Waals surface area contributed by atoms with E-state index in [1.807, 2.05) is 13.8 Å². The number of allylic oxidation sites excluding steroid dienone is 1. The minimum atomic E-state index is -0.420. The largest absolute Gasteiger partial charge is 0.466 e. The maximum atomic E-state index is 12.0. The Morgan fingerprint density at radius 2 is 2.33 bits per heavy atom. The first-order valence-corrected chi connectivity index (χ1v) is 8.82. The van der Waals surface area contributed by atoms with Crippen molar-refractivity contribution in [3.05, 3.63) is 34.3 Å². The summed E-state index contributed by atoms with van der Waals surface area (Å²) >= 11 is 1.11. The van der Waals surface area contributed by atoms with Crippen molar-refractivity contribution in [3.63, 3.8) is 0 Å². The van der Waals surface area contributed by atoms with Crippen molar-refractivity contribution in [1.29, 1.82) is 5.26 Å². The van der Waals surface area contributed by atoms with E-state index in [1.165, 1.54) is 0 Å². The Kier molecular flexibility index (Phi) is 6.50. The van der Waals surface area contributed by atoms with Crippen molar-refractivity contribution in [3.8, 4) is 6.07 Å². The summed E-state index contributed by atoms with van der Waals surface area (Å²) in [4.78, 5) is 23.7. The predicted octanol–water partition coefficient (Wildman–Crippen LogP) is 3.00. The van der Waals surface area contributed by atoms with Crippen LogP contribution >= 0.6 is 11.8 Å². The molecule has 1 amide bonds. The molecule has 6 nitrogen and oxygen atoms in total. The summed E-state index contributed by atoms with van der Waals surface area (Å²) in [5.41, 5.74) is 0.412. The topological polar surface area (TPSA) is 92.3 Å². The SMILES string of the molecule is CCCCOC(=O)CSC1=C(C#N)C(c2ccc(C)o2)CC(=O)N1. The number of furan rings is 1. The Bertz CT molecular complexity index is 687. The molecule has 2 rings (SSSR count). The van der Waals surface area contributed by atoms with Gasteiger partial charge in [0.25, 0.3) is 0 Å². The number of esters is 1. The van der Waals surface area contributed by atoms with Crippen molar-refractivity contribution >= 4 is 23.6 Å². The van der Waals surface area contributed by atoms with Crippen LogP contribution in [0.2, 0.25) is 0 Å². The van der Waals surface area contributed by atoms with Crippen molar-refractivity contribution < 1.29 is 18.7 Å². The number of nitriles is 1. The third-order valence-electron chi connectivity index (χ3n) is 3.56. The van der Waals surface area contributed by atoms with E-state index in [-0.39, 0.29) is 24.1 Å². The summed E-state index contributed by atoms with van der Waals surface area (Å²) in [6, 6.07) is 5.72. The zero-order valence-corrected chi connectivity index (χ0v) is 14.6. The highest BCUT2D eigenvalue weighted by atomic mass is 32.2. The molecule has 1 aliphatic heterocycles. The second-order valence-corrected chi connectivity index (χ2v) is 6.46. The summed E-state index contributed by atoms with van der Waals surface area (Å²) in [7, 11) is 0. The lowest BCUT2D eigenvalue weighted by atomic mass is 9.92. The molecule has 1 N–H and O–H groups in total. The average Bonchev–Trinajstić information content (AvgIpc) is 2.99. The van der Waals surface area contributed by atoms with Gasteiger partial charge in [0.05, 0.1) is 34.9 Å². The van der Waals surface area contributed by atoms with Gasteiger partial charge in [-0.2, -0.15) is 5.26 Å². The lowest BCUT2D eigenvalue weighted by molar-refractivity contribution is -0.140. The smallest absolute Gasteiger partial charge is 0.316 e. The summed E-state index contributed by atoms with van der Waals surface area (Å²) in [5, 5.41) is 12.6. The highest BCUT2D eigenvalue weighted by molar-refractivity contribution is 8.03. The van der Waals surface area contributed by atoms with Crippen molar-refractivity contribution in [2.24, 2.45) is 0 Å². The van der Waals surface area contributed by atoms with E-state index in [9.17, 15) is 14.9 Å². The molecular weight excluding hydrogens is 328 g/mol. The third-order valence-corrected chi connectivity index (χ3v) is 4.55. The second-order valence-electron chi connectivity index (χ2n) is 5.47. The first kappa shape index (κ1) is 18.1. The van der Waals surface area contributed by atoms with Gasteiger partial charge in [0.2, 0.25) is 5.91 Å². The fraction of sp³-hybridized carbons (Fsp3) is 0.471. The number of amides is 1. The van der Waals surface area contributed by atoms with Gasteiger partial charge in [-0.15, -0.1) is 0 Å². The molecule has 1 atom stereocenters. The lowest BCUT2D eigenvalue weighted by Gasteiger charge is -2.23. The molecule has 0 saturated carbocycles. The minimum absolute atomic E-state index is 0.0500. The van der Waals surface area contributed by atoms with E-state index >= 15 is 0 Å². The highest BCUT2D eigenvalue weighted by Crippen LogP contribution is 2.36. The molecule has 0 aromatic carbocycles. The molecule has 0 bridgehead atoms. The summed E-state index contributed by atoms with van der Waals surface area (Å²) in [6.45, 7) is 4.21. The van der Waals surface area contributed by atoms with Crippen LogP contribution in [-0.2, 0) is 14.3 Å². The van der Waals surface area contributed by atoms with Crippen LogP contribution in [0, 0.1) is 18.3 Å². The molecule has 1 aromatic rings. The van der Waals surface area contributed by atoms with Gasteiger partial charge in [0, 0.05) is 6.42 Å². The third kappa shape index (κ3) is 4.65. The Hall–Kier alpha value is -2.20. The lowest BCUT2D eigenvalue weighted by Crippen LogP contribution is -2.31. The van der Waals surface area contributed by atoms with Crippen molar-refractivity contribution in [2.45, 2.75) is 39.0 Å². The number of hydrogen-bond acceptors (Lipinski definition) is 6. The van der Waals surface area contributed by atoms with Gasteiger partial charge >= 0.3 is 5.97 Å². The van der Waals surface area contributed by atoms with Gasteiger partial charge in [0.15, 0.2) is 0 Å². The number of hydrogen-bond donors (Lipinski definition) is 1. The van der Waals surface area contributed by atoms with Crippen LogP contribution in [0.1, 0.15) is 43.6 Å². The fourth-order valence-electron chi connectivity index (χ4n) is 2.32. The summed E-state index contributed by atoms with van der Waals surface area (Å²) in [5.74, 6) is 0.382. The molecular formula is C17H20N2O4S. The molecule has 0 spiro atoms. The fourth-order valence-corrected chi connectivity index (χ4v) is 3.19. The van der Waals surface area contributed by atoms with Crippen LogP contribution in [0.3, 0.4) is 0 Å². The Labute approximate surface area is 145 Å². The first-order valence-electron chi connectivity index (χ1n) is 7.84. The van der Waals surface area contributed by atoms with E-state index in [1.54, 1.807) is 12.1 Å². The van der Waals surface area contributed by atoms with E-state index in [2.05, 4.69) is 11.4 Å². The molecule has 24 heavy (non-hydrogen) atoms. The molecule has 0 aliphatic carbocycles. The zero-order chi connectivity index (χ0) is 17.5. The van der Waals surface area contributed by atoms with Crippen molar-refractivity contribution in [1.82, 2.24) is 5.32 Å². The predicted molar refractivity (Wildman–Crippen MR) is 89.9 cm³/mol. The molecule has 0 radical (unpaired) electrons. The maximum Gasteiger partial charge on any atom is 0.316 e. The molecule has 0 fully saturated rings. The van der Waals surface area contributed by atoms with Gasteiger partial charge in [-0.1, -0.05) is 25.1 Å². The first-order chi connectivity index (χ1) is 11.5. The summed E-state index contributed by atoms with van der Waals surface area (Å²) in [6.07, 6.45) is 1.92. The normalized spacial score (nSPS) is 17.4. The monoisotopic (exact) mass is 348 g/mol. The summed E-state index contributed by atoms with van der Waals surface area (Å²) < 4.78 is 10.7. The zero-order valence-electron chi connectivity index (χ0n) is 13.8. The molecule has 7 heteroatoms. The van der Waals surface area contributed by atoms with Gasteiger partial charge in [0.1, 0.15) is 11.5 Å². The molecule has 1 unspecified atom stereocenters. The van der Waals surface area contributed by atoms with Crippen LogP contribution in [0.4, 0.5) is 0 Å². The Morgan fingerprint density at radius 1 is 1.54 bits per heavy atom. The van der Waals surface area contributed by atoms with Crippen LogP contribution < -0.4 is 5.32 Å². The maximum absolute atomic E-state index is 12.0. The standard InChI is InChI=1S/C17H20N2O4S/c1-3-4-7-22-16(21)10-24-17-13(9-18)12(8-15(20)19-17)14-6-5-11(2)23-14/h5-6,12H,3-4,7-8,10H2,1-2H3,(H,19,20). The highest BCUT2D eigenvalue weighted by Gasteiger charge is 2.31. The number of carbonyl (C=O) groups excluding carboxylic acids is 2. The van der Waals surface area contributed by atoms with E-state index in [0.717, 1.165) is 30.4 Å². The van der Waals surface area contributed by atoms with Crippen molar-refractivity contribution in [2.75, 3.05) is 12.4 Å². The Morgan fingerprint density at radius 3 is 2.96 bits per heavy atom. The second kappa shape index (κ2) is 8.60. The Balaban J connectivity index is 2.10. The average molecular weight is 348 g/mol. The molecule has 2 heterocycles. The number of unbranched alkanes of at least 4 members (excludes halogenated alkanes) is 1. The van der Waals surface area contributed by atoms with Gasteiger partial charge < -0.3 is 14.5 Å². The number of ether oxygens (including phenoxy) is 1. The van der Waals surface area contributed by atoms with Gasteiger partial charge in [-0.3, -0.25) is 9.59 Å². The number of rotatable bonds is 7. The number of thioether (sulfide) groups is 1. The van der Waals surface area contributed by atoms with Gasteiger partial charge in [-0.05, 0) is 25.5 Å². The quantitative estimate of drug-likeness (QED) is 0.601. The minimum Gasteiger partial charge on any atom is -0.466 e. The number of carbonyl (C=O) groups is 2. The van der Waals surface area contributed by atoms with E-state index < -0.39 is 5.92 Å². The van der Waals surface area contributed by atoms with Crippen LogP contribution in [0.25, 0.3) is 0 Å². The van der Waals surface area contributed by atoms with Crippen LogP contribution in [0.15, 0.2) is 27.2 Å². The number of aryl methyl sites for hydroxylation is 1. The van der Waals surface area contributed by atoms with E-state index in [0.29, 0.717) is 23.0 Å². The number of nitrogens with zero attached hydrogens (tertiary/aromatic N) is 1. The van der Waals surface area contributed by atoms with Crippen LogP contribution in [0.5, 0.6) is 0 Å². The number of nitrogens with one attached hydrogen (secondary N) is 1. The molecule has 1 aliphatic rings. The van der Waals surface area contributed by atoms with Crippen LogP contribution in [-0.4, -0.2) is 24.2 Å². The molecule has 128 valence electrons. The molecule has 0 saturated heterocycles.